The lowest BCUT2D eigenvalue weighted by atomic mass is 10.0. The number of aromatic nitrogens is 3. The number of rotatable bonds is 7. The maximum absolute atomic E-state index is 14.2. The first-order valence-corrected chi connectivity index (χ1v) is 10.8. The summed E-state index contributed by atoms with van der Waals surface area (Å²) in [5, 5.41) is 0. The topological polar surface area (TPSA) is 25.5 Å². The van der Waals surface area contributed by atoms with Crippen molar-refractivity contribution in [3.05, 3.63) is 89.8 Å². The fraction of sp³-hybridized carbons (Fsp3) is 0.269. The predicted octanol–water partition coefficient (Wildman–Crippen LogP) is 6.40. The molecule has 0 spiro atoms. The average Bonchev–Trinajstić information content (AvgIpc) is 3.24. The largest absolute Gasteiger partial charge is 0.435 e. The molecule has 7 heteroatoms. The lowest BCUT2D eigenvalue weighted by molar-refractivity contribution is -0.141. The van der Waals surface area contributed by atoms with Crippen LogP contribution < -0.4 is 0 Å². The van der Waals surface area contributed by atoms with Crippen molar-refractivity contribution in [2.24, 2.45) is 0 Å². The number of hydrogen-bond donors (Lipinski definition) is 0. The Balaban J connectivity index is 2.11. The van der Waals surface area contributed by atoms with Crippen LogP contribution in [0.15, 0.2) is 61.7 Å². The van der Waals surface area contributed by atoms with Crippen LogP contribution >= 0.6 is 0 Å². The predicted molar refractivity (Wildman–Crippen MR) is 127 cm³/mol. The molecule has 4 nitrogen and oxygen atoms in total. The molecule has 0 aliphatic rings. The molecule has 172 valence electrons. The van der Waals surface area contributed by atoms with Gasteiger partial charge in [-0.1, -0.05) is 42.0 Å². The van der Waals surface area contributed by atoms with E-state index in [4.69, 9.17) is 0 Å². The molecule has 4 aromatic rings. The van der Waals surface area contributed by atoms with Gasteiger partial charge in [-0.15, -0.1) is 13.2 Å². The van der Waals surface area contributed by atoms with E-state index in [1.54, 1.807) is 16.6 Å². The van der Waals surface area contributed by atoms with Crippen molar-refractivity contribution in [1.82, 2.24) is 18.9 Å². The van der Waals surface area contributed by atoms with Gasteiger partial charge < -0.3 is 0 Å². The molecule has 0 radical (unpaired) electrons. The third kappa shape index (κ3) is 3.97. The molecule has 0 saturated carbocycles. The molecule has 0 amide bonds. The Labute approximate surface area is 191 Å². The summed E-state index contributed by atoms with van der Waals surface area (Å²) in [5.41, 5.74) is 4.65. The lowest BCUT2D eigenvalue weighted by Gasteiger charge is -2.19. The molecule has 2 heterocycles. The van der Waals surface area contributed by atoms with Gasteiger partial charge in [-0.3, -0.25) is 13.9 Å². The normalized spacial score (nSPS) is 12.2. The molecule has 0 aliphatic heterocycles. The fourth-order valence-corrected chi connectivity index (χ4v) is 4.69. The third-order valence-corrected chi connectivity index (χ3v) is 5.79. The van der Waals surface area contributed by atoms with Gasteiger partial charge >= 0.3 is 6.18 Å². The summed E-state index contributed by atoms with van der Waals surface area (Å²) in [6, 6.07) is 11.6. The van der Waals surface area contributed by atoms with Crippen LogP contribution in [0.25, 0.3) is 22.5 Å². The Morgan fingerprint density at radius 3 is 2.09 bits per heavy atom. The first kappa shape index (κ1) is 22.9. The molecule has 0 aliphatic carbocycles. The van der Waals surface area contributed by atoms with E-state index < -0.39 is 11.9 Å². The molecule has 4 rings (SSSR count). The third-order valence-electron chi connectivity index (χ3n) is 5.79. The second-order valence-corrected chi connectivity index (χ2v) is 8.38. The minimum Gasteiger partial charge on any atom is -0.290 e. The summed E-state index contributed by atoms with van der Waals surface area (Å²) in [6.07, 6.45) is -1.23. The minimum absolute atomic E-state index is 0.0634. The van der Waals surface area contributed by atoms with E-state index in [1.165, 1.54) is 0 Å². The van der Waals surface area contributed by atoms with Gasteiger partial charge in [0.1, 0.15) is 0 Å². The number of hydrogen-bond acceptors (Lipinski definition) is 2. The molecule has 2 aromatic heterocycles. The van der Waals surface area contributed by atoms with E-state index in [9.17, 15) is 13.2 Å². The van der Waals surface area contributed by atoms with Crippen LogP contribution in [-0.2, 0) is 12.7 Å². The van der Waals surface area contributed by atoms with E-state index in [-0.39, 0.29) is 18.0 Å². The summed E-state index contributed by atoms with van der Waals surface area (Å²) in [7, 11) is 0. The van der Waals surface area contributed by atoms with Crippen molar-refractivity contribution in [2.45, 2.75) is 33.5 Å². The number of fused-ring (bicyclic) bond motifs is 3. The van der Waals surface area contributed by atoms with Gasteiger partial charge in [0.15, 0.2) is 5.69 Å². The maximum atomic E-state index is 14.2. The van der Waals surface area contributed by atoms with E-state index in [0.29, 0.717) is 18.6 Å². The first-order valence-electron chi connectivity index (χ1n) is 10.8. The quantitative estimate of drug-likeness (QED) is 0.303. The molecular weight excluding hydrogens is 425 g/mol. The summed E-state index contributed by atoms with van der Waals surface area (Å²) in [4.78, 5) is 6.05. The fourth-order valence-electron chi connectivity index (χ4n) is 4.69. The monoisotopic (exact) mass is 452 g/mol. The smallest absolute Gasteiger partial charge is 0.290 e. The van der Waals surface area contributed by atoms with Crippen LogP contribution in [0.5, 0.6) is 0 Å². The molecule has 0 fully saturated rings. The number of halogens is 3. The SMILES string of the molecule is C=CCN(CC=C)Cc1c(C(F)(F)F)nc2n(-c3c(C)cc(C)cc3C)c3ccccc3n12. The van der Waals surface area contributed by atoms with Crippen LogP contribution in [0.4, 0.5) is 13.2 Å². The Morgan fingerprint density at radius 1 is 0.970 bits per heavy atom. The first-order chi connectivity index (χ1) is 15.7. The molecule has 0 unspecified atom stereocenters. The highest BCUT2D eigenvalue weighted by Crippen LogP contribution is 2.37. The van der Waals surface area contributed by atoms with Crippen molar-refractivity contribution < 1.29 is 13.2 Å². The van der Waals surface area contributed by atoms with Gasteiger partial charge in [0, 0.05) is 19.6 Å². The van der Waals surface area contributed by atoms with Gasteiger partial charge in [-0.2, -0.15) is 13.2 Å². The zero-order valence-electron chi connectivity index (χ0n) is 19.1. The van der Waals surface area contributed by atoms with Gasteiger partial charge in [-0.25, -0.2) is 4.98 Å². The molecule has 2 aromatic carbocycles. The van der Waals surface area contributed by atoms with Crippen LogP contribution in [0.3, 0.4) is 0 Å². The number of alkyl halides is 3. The zero-order valence-corrected chi connectivity index (χ0v) is 19.1. The van der Waals surface area contributed by atoms with Crippen LogP contribution in [0.1, 0.15) is 28.1 Å². The molecule has 0 atom stereocenters. The van der Waals surface area contributed by atoms with Crippen LogP contribution in [0, 0.1) is 20.8 Å². The van der Waals surface area contributed by atoms with Gasteiger partial charge in [0.2, 0.25) is 5.78 Å². The van der Waals surface area contributed by atoms with E-state index in [0.717, 1.165) is 27.9 Å². The van der Waals surface area contributed by atoms with E-state index >= 15 is 0 Å². The van der Waals surface area contributed by atoms with E-state index in [1.807, 2.05) is 66.6 Å². The summed E-state index contributed by atoms with van der Waals surface area (Å²) < 4.78 is 46.1. The zero-order chi connectivity index (χ0) is 23.9. The maximum Gasteiger partial charge on any atom is 0.435 e. The number of imidazole rings is 2. The standard InChI is InChI=1S/C26H27F3N4/c1-6-12-31(13-7-2)16-22-24(26(27,28)29)30-25-32(22)20-10-8-9-11-21(20)33(25)23-18(4)14-17(3)15-19(23)5/h6-11,14-15H,1-2,12-13,16H2,3-5H3. The summed E-state index contributed by atoms with van der Waals surface area (Å²) in [5.74, 6) is 0.255. The molecule has 0 N–H and O–H groups in total. The summed E-state index contributed by atoms with van der Waals surface area (Å²) in [6.45, 7) is 14.4. The molecule has 0 saturated heterocycles. The Kier molecular flexibility index (Phi) is 5.93. The second kappa shape index (κ2) is 8.56. The highest BCUT2D eigenvalue weighted by molar-refractivity contribution is 5.85. The average molecular weight is 453 g/mol. The number of benzene rings is 2. The van der Waals surface area contributed by atoms with Crippen molar-refractivity contribution >= 4 is 16.8 Å². The molecular formula is C26H27F3N4. The Bertz CT molecular complexity index is 1320. The lowest BCUT2D eigenvalue weighted by Crippen LogP contribution is -2.25. The Hall–Kier alpha value is -3.32. The summed E-state index contributed by atoms with van der Waals surface area (Å²) >= 11 is 0. The number of para-hydroxylation sites is 2. The number of nitrogens with zero attached hydrogens (tertiary/aromatic N) is 4. The van der Waals surface area contributed by atoms with Crippen molar-refractivity contribution in [1.29, 1.82) is 0 Å². The van der Waals surface area contributed by atoms with Crippen LogP contribution in [0.2, 0.25) is 0 Å². The highest BCUT2D eigenvalue weighted by Gasteiger charge is 2.39. The Morgan fingerprint density at radius 2 is 1.55 bits per heavy atom. The molecule has 0 bridgehead atoms. The van der Waals surface area contributed by atoms with Gasteiger partial charge in [0.05, 0.1) is 22.4 Å². The number of aryl methyl sites for hydroxylation is 3. The molecule has 33 heavy (non-hydrogen) atoms. The van der Waals surface area contributed by atoms with Crippen LogP contribution in [-0.4, -0.2) is 31.9 Å². The van der Waals surface area contributed by atoms with E-state index in [2.05, 4.69) is 18.1 Å². The van der Waals surface area contributed by atoms with Gasteiger partial charge in [0.25, 0.3) is 0 Å². The second-order valence-electron chi connectivity index (χ2n) is 8.38. The minimum atomic E-state index is -4.58. The van der Waals surface area contributed by atoms with Crippen molar-refractivity contribution in [3.8, 4) is 5.69 Å². The van der Waals surface area contributed by atoms with Crippen molar-refractivity contribution in [3.63, 3.8) is 0 Å². The highest BCUT2D eigenvalue weighted by atomic mass is 19.4. The van der Waals surface area contributed by atoms with Crippen molar-refractivity contribution in [2.75, 3.05) is 13.1 Å². The van der Waals surface area contributed by atoms with Gasteiger partial charge in [-0.05, 0) is 44.0 Å².